The topological polar surface area (TPSA) is 128 Å². The molecule has 0 bridgehead atoms. The Morgan fingerprint density at radius 3 is 2.35 bits per heavy atom. The van der Waals surface area contributed by atoms with E-state index in [1.165, 1.54) is 0 Å². The van der Waals surface area contributed by atoms with E-state index in [0.717, 1.165) is 19.4 Å². The Bertz CT molecular complexity index is 733. The number of rotatable bonds is 6. The molecular formula is C16H16N2O8. The third kappa shape index (κ3) is 4.56. The number of amides is 2. The van der Waals surface area contributed by atoms with Crippen LogP contribution in [0.2, 0.25) is 0 Å². The largest absolute Gasteiger partial charge is 0.445 e. The highest BCUT2D eigenvalue weighted by Crippen LogP contribution is 2.22. The standard InChI is InChI=1S/C16H16N2O8/c1-9(19)15(22)26-18-13(21)12(14(18)25-10(2)20)17-16(23)24-8-11-6-4-3-5-7-11/h3-7,12,14H,8H2,1-2H3,(H,17,23)/t12-,14+/m1/s1. The van der Waals surface area contributed by atoms with Gasteiger partial charge in [-0.25, -0.2) is 9.59 Å². The molecule has 1 aromatic rings. The zero-order valence-corrected chi connectivity index (χ0v) is 14.0. The summed E-state index contributed by atoms with van der Waals surface area (Å²) in [7, 11) is 0. The lowest BCUT2D eigenvalue weighted by molar-refractivity contribution is -0.269. The van der Waals surface area contributed by atoms with Gasteiger partial charge in [-0.1, -0.05) is 30.3 Å². The monoisotopic (exact) mass is 364 g/mol. The van der Waals surface area contributed by atoms with Crippen LogP contribution in [0.1, 0.15) is 19.4 Å². The van der Waals surface area contributed by atoms with Gasteiger partial charge >= 0.3 is 18.0 Å². The zero-order chi connectivity index (χ0) is 19.3. The highest BCUT2D eigenvalue weighted by Gasteiger charge is 2.54. The number of β-lactam (4-membered cyclic amide) rings is 1. The molecule has 26 heavy (non-hydrogen) atoms. The summed E-state index contributed by atoms with van der Waals surface area (Å²) in [6, 6.07) is 7.52. The molecule has 1 aromatic carbocycles. The molecule has 2 rings (SSSR count). The van der Waals surface area contributed by atoms with E-state index >= 15 is 0 Å². The van der Waals surface area contributed by atoms with Crippen LogP contribution in [0, 0.1) is 0 Å². The third-order valence-electron chi connectivity index (χ3n) is 3.24. The number of carbonyl (C=O) groups is 5. The Morgan fingerprint density at radius 1 is 1.12 bits per heavy atom. The molecule has 0 saturated carbocycles. The number of nitrogens with zero attached hydrogens (tertiary/aromatic N) is 1. The first-order valence-electron chi connectivity index (χ1n) is 7.50. The highest BCUT2D eigenvalue weighted by atomic mass is 16.8. The van der Waals surface area contributed by atoms with Crippen LogP contribution < -0.4 is 5.32 Å². The van der Waals surface area contributed by atoms with E-state index in [0.29, 0.717) is 5.06 Å². The van der Waals surface area contributed by atoms with Crippen LogP contribution in [0.25, 0.3) is 0 Å². The summed E-state index contributed by atoms with van der Waals surface area (Å²) in [5.74, 6) is -3.91. The normalized spacial score (nSPS) is 18.4. The SMILES string of the molecule is CC(=O)O[C@H]1[C@H](NC(=O)OCc2ccccc2)C(=O)N1OC(=O)C(C)=O. The number of ether oxygens (including phenoxy) is 2. The number of ketones is 1. The molecule has 2 atom stereocenters. The van der Waals surface area contributed by atoms with Crippen molar-refractivity contribution in [2.75, 3.05) is 0 Å². The van der Waals surface area contributed by atoms with Crippen molar-refractivity contribution in [3.8, 4) is 0 Å². The number of alkyl carbamates (subject to hydrolysis) is 1. The van der Waals surface area contributed by atoms with E-state index < -0.39 is 42.0 Å². The molecule has 0 spiro atoms. The fourth-order valence-corrected chi connectivity index (χ4v) is 2.00. The van der Waals surface area contributed by atoms with Crippen LogP contribution in [-0.2, 0) is 40.1 Å². The quantitative estimate of drug-likeness (QED) is 0.426. The fraction of sp³-hybridized carbons (Fsp3) is 0.312. The first-order valence-corrected chi connectivity index (χ1v) is 7.50. The smallest absolute Gasteiger partial charge is 0.408 e. The van der Waals surface area contributed by atoms with Crippen molar-refractivity contribution in [3.05, 3.63) is 35.9 Å². The van der Waals surface area contributed by atoms with Crippen molar-refractivity contribution < 1.29 is 38.3 Å². The molecule has 10 heteroatoms. The van der Waals surface area contributed by atoms with Gasteiger partial charge in [0.1, 0.15) is 6.61 Å². The predicted molar refractivity (Wildman–Crippen MR) is 82.7 cm³/mol. The number of nitrogens with one attached hydrogen (secondary N) is 1. The Morgan fingerprint density at radius 2 is 1.77 bits per heavy atom. The van der Waals surface area contributed by atoms with Crippen molar-refractivity contribution in [3.63, 3.8) is 0 Å². The van der Waals surface area contributed by atoms with Gasteiger partial charge in [0, 0.05) is 13.8 Å². The van der Waals surface area contributed by atoms with E-state index in [-0.39, 0.29) is 6.61 Å². The maximum Gasteiger partial charge on any atom is 0.408 e. The minimum absolute atomic E-state index is 0.0329. The molecule has 0 unspecified atom stereocenters. The molecule has 2 amide bonds. The van der Waals surface area contributed by atoms with E-state index in [2.05, 4.69) is 10.2 Å². The van der Waals surface area contributed by atoms with Crippen LogP contribution in [0.15, 0.2) is 30.3 Å². The summed E-state index contributed by atoms with van der Waals surface area (Å²) >= 11 is 0. The molecule has 0 aliphatic carbocycles. The van der Waals surface area contributed by atoms with Gasteiger partial charge < -0.3 is 19.6 Å². The number of carbonyl (C=O) groups excluding carboxylic acids is 5. The first-order chi connectivity index (χ1) is 12.3. The number of hydrogen-bond donors (Lipinski definition) is 1. The van der Waals surface area contributed by atoms with Crippen molar-refractivity contribution in [2.45, 2.75) is 32.7 Å². The van der Waals surface area contributed by atoms with Crippen LogP contribution in [0.3, 0.4) is 0 Å². The van der Waals surface area contributed by atoms with Gasteiger partial charge in [-0.3, -0.25) is 14.4 Å². The van der Waals surface area contributed by atoms with Gasteiger partial charge in [0.05, 0.1) is 0 Å². The summed E-state index contributed by atoms with van der Waals surface area (Å²) in [4.78, 5) is 61.7. The van der Waals surface area contributed by atoms with Crippen LogP contribution in [-0.4, -0.2) is 47.1 Å². The summed E-state index contributed by atoms with van der Waals surface area (Å²) in [6.07, 6.45) is -2.32. The van der Waals surface area contributed by atoms with Crippen molar-refractivity contribution >= 4 is 29.7 Å². The lowest BCUT2D eigenvalue weighted by atomic mass is 10.1. The maximum absolute atomic E-state index is 12.0. The van der Waals surface area contributed by atoms with Gasteiger partial charge in [-0.2, -0.15) is 0 Å². The van der Waals surface area contributed by atoms with E-state index in [1.807, 2.05) is 0 Å². The lowest BCUT2D eigenvalue weighted by Crippen LogP contribution is -2.72. The Labute approximate surface area is 147 Å². The molecule has 1 N–H and O–H groups in total. The summed E-state index contributed by atoms with van der Waals surface area (Å²) < 4.78 is 9.80. The zero-order valence-electron chi connectivity index (χ0n) is 14.0. The second-order valence-corrected chi connectivity index (χ2v) is 5.28. The lowest BCUT2D eigenvalue weighted by Gasteiger charge is -2.42. The Balaban J connectivity index is 1.94. The predicted octanol–water partition coefficient (Wildman–Crippen LogP) is 0.0600. The van der Waals surface area contributed by atoms with Crippen molar-refractivity contribution in [2.24, 2.45) is 0 Å². The highest BCUT2D eigenvalue weighted by molar-refractivity contribution is 6.32. The van der Waals surface area contributed by atoms with Gasteiger partial charge in [0.25, 0.3) is 5.91 Å². The Kier molecular flexibility index (Phi) is 5.89. The summed E-state index contributed by atoms with van der Waals surface area (Å²) in [5, 5.41) is 2.63. The maximum atomic E-state index is 12.0. The minimum Gasteiger partial charge on any atom is -0.445 e. The molecular weight excluding hydrogens is 348 g/mol. The number of benzene rings is 1. The molecule has 1 aliphatic rings. The van der Waals surface area contributed by atoms with E-state index in [9.17, 15) is 24.0 Å². The van der Waals surface area contributed by atoms with Crippen LogP contribution >= 0.6 is 0 Å². The minimum atomic E-state index is -1.40. The van der Waals surface area contributed by atoms with Gasteiger partial charge in [0.2, 0.25) is 12.0 Å². The average molecular weight is 364 g/mol. The van der Waals surface area contributed by atoms with Gasteiger partial charge in [0.15, 0.2) is 6.04 Å². The molecule has 10 nitrogen and oxygen atoms in total. The molecule has 1 saturated heterocycles. The van der Waals surface area contributed by atoms with Crippen LogP contribution in [0.5, 0.6) is 0 Å². The molecule has 138 valence electrons. The number of esters is 1. The van der Waals surface area contributed by atoms with Gasteiger partial charge in [-0.05, 0) is 5.56 Å². The molecule has 1 fully saturated rings. The Hall–Kier alpha value is -3.43. The van der Waals surface area contributed by atoms with Crippen molar-refractivity contribution in [1.29, 1.82) is 0 Å². The van der Waals surface area contributed by atoms with Crippen LogP contribution in [0.4, 0.5) is 4.79 Å². The summed E-state index contributed by atoms with van der Waals surface area (Å²) in [6.45, 7) is 1.98. The van der Waals surface area contributed by atoms with Gasteiger partial charge in [-0.15, -0.1) is 5.06 Å². The molecule has 0 radical (unpaired) electrons. The molecule has 0 aromatic heterocycles. The molecule has 1 heterocycles. The second kappa shape index (κ2) is 8.10. The number of hydroxylamine groups is 2. The molecule has 1 aliphatic heterocycles. The summed E-state index contributed by atoms with van der Waals surface area (Å²) in [5.41, 5.74) is 0.733. The van der Waals surface area contributed by atoms with E-state index in [1.54, 1.807) is 30.3 Å². The third-order valence-corrected chi connectivity index (χ3v) is 3.24. The first kappa shape index (κ1) is 18.9. The van der Waals surface area contributed by atoms with Crippen molar-refractivity contribution in [1.82, 2.24) is 10.4 Å². The number of hydrogen-bond acceptors (Lipinski definition) is 8. The average Bonchev–Trinajstić information content (AvgIpc) is 2.61. The fourth-order valence-electron chi connectivity index (χ4n) is 2.00. The number of Topliss-reactive ketones (excluding diaryl/α,β-unsaturated/α-hetero) is 1. The second-order valence-electron chi connectivity index (χ2n) is 5.28. The van der Waals surface area contributed by atoms with E-state index in [4.69, 9.17) is 9.47 Å².